The van der Waals surface area contributed by atoms with Crippen molar-refractivity contribution in [3.63, 3.8) is 0 Å². The number of H-pyrrole nitrogens is 1. The van der Waals surface area contributed by atoms with Gasteiger partial charge in [0.15, 0.2) is 5.69 Å². The van der Waals surface area contributed by atoms with E-state index < -0.39 is 0 Å². The maximum absolute atomic E-state index is 12.8. The molecule has 1 aliphatic rings. The van der Waals surface area contributed by atoms with Crippen molar-refractivity contribution in [1.29, 1.82) is 0 Å². The van der Waals surface area contributed by atoms with E-state index in [1.165, 1.54) is 0 Å². The molecule has 23 heavy (non-hydrogen) atoms. The molecule has 1 aliphatic heterocycles. The fraction of sp³-hybridized carbons (Fsp3) is 0.353. The number of carbonyl (C=O) groups is 1. The van der Waals surface area contributed by atoms with Crippen LogP contribution in [-0.2, 0) is 0 Å². The van der Waals surface area contributed by atoms with E-state index in [4.69, 9.17) is 0 Å². The fourth-order valence-corrected chi connectivity index (χ4v) is 3.24. The Hall–Kier alpha value is -2.63. The summed E-state index contributed by atoms with van der Waals surface area (Å²) in [6.07, 6.45) is 3.56. The van der Waals surface area contributed by atoms with Gasteiger partial charge in [0.25, 0.3) is 11.5 Å². The van der Waals surface area contributed by atoms with Crippen molar-refractivity contribution in [2.45, 2.75) is 19.8 Å². The Morgan fingerprint density at radius 1 is 1.26 bits per heavy atom. The summed E-state index contributed by atoms with van der Waals surface area (Å²) >= 11 is 0. The predicted molar refractivity (Wildman–Crippen MR) is 87.6 cm³/mol. The average molecular weight is 310 g/mol. The lowest BCUT2D eigenvalue weighted by atomic mass is 9.99. The quantitative estimate of drug-likeness (QED) is 0.748. The van der Waals surface area contributed by atoms with E-state index in [0.29, 0.717) is 11.4 Å². The molecule has 2 aromatic heterocycles. The van der Waals surface area contributed by atoms with E-state index in [1.54, 1.807) is 15.6 Å². The molecule has 118 valence electrons. The van der Waals surface area contributed by atoms with Crippen LogP contribution in [0.15, 0.2) is 35.4 Å². The number of rotatable bonds is 1. The summed E-state index contributed by atoms with van der Waals surface area (Å²) < 4.78 is 1.70. The van der Waals surface area contributed by atoms with Crippen molar-refractivity contribution in [2.24, 2.45) is 5.92 Å². The van der Waals surface area contributed by atoms with Crippen LogP contribution in [0.2, 0.25) is 0 Å². The number of carbonyl (C=O) groups excluding carboxylic acids is 1. The van der Waals surface area contributed by atoms with Crippen LogP contribution >= 0.6 is 0 Å². The van der Waals surface area contributed by atoms with Crippen molar-refractivity contribution in [1.82, 2.24) is 19.3 Å². The number of para-hydroxylation sites is 2. The zero-order valence-corrected chi connectivity index (χ0v) is 13.0. The minimum absolute atomic E-state index is 0.153. The Balaban J connectivity index is 1.84. The summed E-state index contributed by atoms with van der Waals surface area (Å²) in [5.41, 5.74) is 1.85. The van der Waals surface area contributed by atoms with E-state index in [1.807, 2.05) is 24.3 Å². The molecular weight excluding hydrogens is 292 g/mol. The minimum atomic E-state index is -0.282. The van der Waals surface area contributed by atoms with Gasteiger partial charge in [-0.2, -0.15) is 0 Å². The molecule has 0 unspecified atom stereocenters. The third-order valence-electron chi connectivity index (χ3n) is 4.67. The molecule has 6 nitrogen and oxygen atoms in total. The number of benzene rings is 1. The van der Waals surface area contributed by atoms with Crippen LogP contribution in [0.5, 0.6) is 0 Å². The molecular formula is C17H18N4O2. The van der Waals surface area contributed by atoms with Gasteiger partial charge in [0.2, 0.25) is 0 Å². The molecule has 1 aromatic carbocycles. The third-order valence-corrected chi connectivity index (χ3v) is 4.67. The zero-order valence-electron chi connectivity index (χ0n) is 13.0. The maximum atomic E-state index is 12.8. The number of hydrogen-bond donors (Lipinski definition) is 1. The highest BCUT2D eigenvalue weighted by Gasteiger charge is 2.26. The summed E-state index contributed by atoms with van der Waals surface area (Å²) in [7, 11) is 0. The van der Waals surface area contributed by atoms with Gasteiger partial charge in [-0.15, -0.1) is 0 Å². The first kappa shape index (κ1) is 14.0. The summed E-state index contributed by atoms with van der Waals surface area (Å²) in [5, 5.41) is 0. The Labute approximate surface area is 132 Å². The highest BCUT2D eigenvalue weighted by Crippen LogP contribution is 2.20. The first-order valence-electron chi connectivity index (χ1n) is 7.92. The highest BCUT2D eigenvalue weighted by molar-refractivity contribution is 5.99. The first-order valence-corrected chi connectivity index (χ1v) is 7.92. The molecule has 1 saturated heterocycles. The fourth-order valence-electron chi connectivity index (χ4n) is 3.24. The third kappa shape index (κ3) is 2.21. The molecule has 4 rings (SSSR count). The van der Waals surface area contributed by atoms with Crippen LogP contribution in [0.1, 0.15) is 30.3 Å². The summed E-state index contributed by atoms with van der Waals surface area (Å²) in [4.78, 5) is 34.1. The van der Waals surface area contributed by atoms with Gasteiger partial charge in [0.1, 0.15) is 11.8 Å². The molecule has 1 N–H and O–H groups in total. The molecule has 0 radical (unpaired) electrons. The van der Waals surface area contributed by atoms with Crippen LogP contribution in [0.3, 0.4) is 0 Å². The van der Waals surface area contributed by atoms with Crippen molar-refractivity contribution in [2.75, 3.05) is 13.1 Å². The number of aromatic nitrogens is 3. The second-order valence-corrected chi connectivity index (χ2v) is 6.26. The summed E-state index contributed by atoms with van der Waals surface area (Å²) in [6, 6.07) is 7.50. The lowest BCUT2D eigenvalue weighted by Crippen LogP contribution is -2.38. The number of nitrogens with zero attached hydrogens (tertiary/aromatic N) is 3. The number of hydrogen-bond acceptors (Lipinski definition) is 3. The molecule has 0 bridgehead atoms. The molecule has 0 atom stereocenters. The van der Waals surface area contributed by atoms with E-state index in [0.717, 1.165) is 37.0 Å². The smallest absolute Gasteiger partial charge is 0.275 e. The number of piperidine rings is 1. The highest BCUT2D eigenvalue weighted by atomic mass is 16.2. The maximum Gasteiger partial charge on any atom is 0.275 e. The Kier molecular flexibility index (Phi) is 3.18. The van der Waals surface area contributed by atoms with Crippen molar-refractivity contribution < 1.29 is 4.79 Å². The van der Waals surface area contributed by atoms with Gasteiger partial charge in [-0.3, -0.25) is 14.0 Å². The molecule has 0 saturated carbocycles. The first-order chi connectivity index (χ1) is 11.1. The average Bonchev–Trinajstić information content (AvgIpc) is 3.01. The van der Waals surface area contributed by atoms with E-state index in [2.05, 4.69) is 16.9 Å². The van der Waals surface area contributed by atoms with Crippen LogP contribution in [-0.4, -0.2) is 38.3 Å². The number of fused-ring (bicyclic) bond motifs is 3. The molecule has 3 aromatic rings. The van der Waals surface area contributed by atoms with Gasteiger partial charge >= 0.3 is 0 Å². The number of nitrogens with one attached hydrogen (secondary N) is 1. The Bertz CT molecular complexity index is 948. The van der Waals surface area contributed by atoms with Gasteiger partial charge in [0, 0.05) is 13.1 Å². The topological polar surface area (TPSA) is 70.5 Å². The van der Waals surface area contributed by atoms with E-state index >= 15 is 0 Å². The minimum Gasteiger partial charge on any atom is -0.337 e. The van der Waals surface area contributed by atoms with E-state index in [-0.39, 0.29) is 17.2 Å². The summed E-state index contributed by atoms with van der Waals surface area (Å²) in [5.74, 6) is 0.491. The zero-order chi connectivity index (χ0) is 16.0. The van der Waals surface area contributed by atoms with Gasteiger partial charge in [-0.25, -0.2) is 4.98 Å². The van der Waals surface area contributed by atoms with Crippen molar-refractivity contribution in [3.05, 3.63) is 46.6 Å². The number of aromatic amines is 1. The number of amides is 1. The Morgan fingerprint density at radius 3 is 2.78 bits per heavy atom. The van der Waals surface area contributed by atoms with Crippen LogP contribution in [0.4, 0.5) is 0 Å². The largest absolute Gasteiger partial charge is 0.337 e. The summed E-state index contributed by atoms with van der Waals surface area (Å²) in [6.45, 7) is 3.65. The molecule has 0 spiro atoms. The second kappa shape index (κ2) is 5.22. The predicted octanol–water partition coefficient (Wildman–Crippen LogP) is 2.05. The lowest BCUT2D eigenvalue weighted by molar-refractivity contribution is 0.0694. The molecule has 6 heteroatoms. The number of imidazole rings is 1. The van der Waals surface area contributed by atoms with E-state index in [9.17, 15) is 9.59 Å². The van der Waals surface area contributed by atoms with Gasteiger partial charge in [0.05, 0.1) is 11.0 Å². The second-order valence-electron chi connectivity index (χ2n) is 6.26. The van der Waals surface area contributed by atoms with Crippen LogP contribution < -0.4 is 5.56 Å². The van der Waals surface area contributed by atoms with Crippen molar-refractivity contribution in [3.8, 4) is 0 Å². The normalized spacial score (nSPS) is 16.3. The standard InChI is InChI=1S/C17H18N4O2/c1-11-6-8-20(9-7-11)17(23)14-15-16(22)19-12-4-2-3-5-13(12)21(15)10-18-14/h2-5,10-11H,6-9H2,1H3,(H,19,22). The molecule has 3 heterocycles. The molecule has 0 aliphatic carbocycles. The lowest BCUT2D eigenvalue weighted by Gasteiger charge is -2.29. The molecule has 1 amide bonds. The number of likely N-dealkylation sites (tertiary alicyclic amines) is 1. The van der Waals surface area contributed by atoms with Gasteiger partial charge in [-0.05, 0) is 30.9 Å². The SMILES string of the molecule is CC1CCN(C(=O)c2ncn3c2c(=O)[nH]c2ccccc23)CC1. The van der Waals surface area contributed by atoms with Gasteiger partial charge in [-0.1, -0.05) is 19.1 Å². The van der Waals surface area contributed by atoms with Gasteiger partial charge < -0.3 is 9.88 Å². The van der Waals surface area contributed by atoms with Crippen molar-refractivity contribution >= 4 is 22.5 Å². The van der Waals surface area contributed by atoms with Crippen LogP contribution in [0, 0.1) is 5.92 Å². The molecule has 1 fully saturated rings. The monoisotopic (exact) mass is 310 g/mol. The Morgan fingerprint density at radius 2 is 2.00 bits per heavy atom. The van der Waals surface area contributed by atoms with Crippen LogP contribution in [0.25, 0.3) is 16.6 Å².